The van der Waals surface area contributed by atoms with E-state index in [9.17, 15) is 12.8 Å². The van der Waals surface area contributed by atoms with E-state index in [0.717, 1.165) is 25.9 Å². The smallest absolute Gasteiger partial charge is 0.225 e. The molecule has 24 heavy (non-hydrogen) atoms. The number of benzene rings is 1. The van der Waals surface area contributed by atoms with E-state index < -0.39 is 15.8 Å². The third-order valence-electron chi connectivity index (χ3n) is 3.81. The van der Waals surface area contributed by atoms with Crippen LogP contribution in [0.25, 0.3) is 0 Å². The minimum absolute atomic E-state index is 0.0843. The summed E-state index contributed by atoms with van der Waals surface area (Å²) < 4.78 is 39.9. The SMILES string of the molecule is O=S(=O)(Cc1cccc(F)c1)NCc1ccnc(N2CCCC2)n1. The van der Waals surface area contributed by atoms with Gasteiger partial charge in [-0.25, -0.2) is 27.5 Å². The third kappa shape index (κ3) is 4.48. The van der Waals surface area contributed by atoms with Gasteiger partial charge in [0.15, 0.2) is 0 Å². The summed E-state index contributed by atoms with van der Waals surface area (Å²) in [6, 6.07) is 7.26. The second-order valence-corrected chi connectivity index (χ2v) is 7.56. The molecule has 0 aliphatic carbocycles. The lowest BCUT2D eigenvalue weighted by Crippen LogP contribution is -2.26. The molecule has 1 aromatic carbocycles. The number of nitrogens with zero attached hydrogens (tertiary/aromatic N) is 3. The molecule has 0 atom stereocenters. The monoisotopic (exact) mass is 350 g/mol. The van der Waals surface area contributed by atoms with Gasteiger partial charge < -0.3 is 4.90 Å². The van der Waals surface area contributed by atoms with E-state index in [1.54, 1.807) is 18.3 Å². The van der Waals surface area contributed by atoms with Gasteiger partial charge in [-0.15, -0.1) is 0 Å². The van der Waals surface area contributed by atoms with Crippen molar-refractivity contribution in [2.75, 3.05) is 18.0 Å². The summed E-state index contributed by atoms with van der Waals surface area (Å²) in [5.41, 5.74) is 1.01. The Balaban J connectivity index is 1.63. The number of hydrogen-bond donors (Lipinski definition) is 1. The average molecular weight is 350 g/mol. The van der Waals surface area contributed by atoms with Gasteiger partial charge in [0.25, 0.3) is 0 Å². The predicted molar refractivity (Wildman–Crippen MR) is 89.3 cm³/mol. The quantitative estimate of drug-likeness (QED) is 0.860. The van der Waals surface area contributed by atoms with Crippen molar-refractivity contribution in [3.8, 4) is 0 Å². The molecule has 2 aromatic rings. The third-order valence-corrected chi connectivity index (χ3v) is 5.11. The van der Waals surface area contributed by atoms with Crippen molar-refractivity contribution in [1.82, 2.24) is 14.7 Å². The number of halogens is 1. The molecule has 0 amide bonds. The van der Waals surface area contributed by atoms with Gasteiger partial charge in [-0.2, -0.15) is 0 Å². The molecule has 1 aliphatic rings. The van der Waals surface area contributed by atoms with Crippen LogP contribution in [0.5, 0.6) is 0 Å². The van der Waals surface area contributed by atoms with Crippen molar-refractivity contribution < 1.29 is 12.8 Å². The normalized spacial score (nSPS) is 15.0. The first-order valence-corrected chi connectivity index (χ1v) is 9.46. The fraction of sp³-hybridized carbons (Fsp3) is 0.375. The Bertz CT molecular complexity index is 807. The molecule has 0 spiro atoms. The highest BCUT2D eigenvalue weighted by atomic mass is 32.2. The van der Waals surface area contributed by atoms with Gasteiger partial charge in [0.05, 0.1) is 18.0 Å². The zero-order chi connectivity index (χ0) is 17.0. The van der Waals surface area contributed by atoms with Crippen LogP contribution in [-0.4, -0.2) is 31.5 Å². The van der Waals surface area contributed by atoms with Crippen LogP contribution in [0.3, 0.4) is 0 Å². The number of anilines is 1. The molecule has 1 aromatic heterocycles. The van der Waals surface area contributed by atoms with Crippen LogP contribution in [0.1, 0.15) is 24.1 Å². The minimum atomic E-state index is -3.57. The molecule has 1 saturated heterocycles. The maximum absolute atomic E-state index is 13.1. The molecule has 0 unspecified atom stereocenters. The molecule has 8 heteroatoms. The summed E-state index contributed by atoms with van der Waals surface area (Å²) in [6.07, 6.45) is 3.87. The number of aromatic nitrogens is 2. The van der Waals surface area contributed by atoms with Crippen molar-refractivity contribution in [2.45, 2.75) is 25.1 Å². The molecule has 1 N–H and O–H groups in total. The standard InChI is InChI=1S/C16H19FN4O2S/c17-14-5-3-4-13(10-14)12-24(22,23)19-11-15-6-7-18-16(20-15)21-8-1-2-9-21/h3-7,10,19H,1-2,8-9,11-12H2. The maximum Gasteiger partial charge on any atom is 0.225 e. The van der Waals surface area contributed by atoms with Crippen molar-refractivity contribution in [1.29, 1.82) is 0 Å². The number of hydrogen-bond acceptors (Lipinski definition) is 5. The van der Waals surface area contributed by atoms with Crippen molar-refractivity contribution in [3.63, 3.8) is 0 Å². The topological polar surface area (TPSA) is 75.2 Å². The van der Waals surface area contributed by atoms with Gasteiger partial charge >= 0.3 is 0 Å². The van der Waals surface area contributed by atoms with Crippen molar-refractivity contribution >= 4 is 16.0 Å². The lowest BCUT2D eigenvalue weighted by atomic mass is 10.2. The Morgan fingerprint density at radius 3 is 2.75 bits per heavy atom. The molecule has 1 fully saturated rings. The van der Waals surface area contributed by atoms with Gasteiger partial charge in [-0.1, -0.05) is 12.1 Å². The molecule has 1 aliphatic heterocycles. The Morgan fingerprint density at radius 2 is 2.00 bits per heavy atom. The van der Waals surface area contributed by atoms with E-state index in [1.807, 2.05) is 0 Å². The van der Waals surface area contributed by atoms with Crippen LogP contribution < -0.4 is 9.62 Å². The van der Waals surface area contributed by atoms with E-state index in [1.165, 1.54) is 18.2 Å². The van der Waals surface area contributed by atoms with Crippen LogP contribution in [0.4, 0.5) is 10.3 Å². The molecule has 6 nitrogen and oxygen atoms in total. The predicted octanol–water partition coefficient (Wildman–Crippen LogP) is 1.84. The second kappa shape index (κ2) is 7.23. The second-order valence-electron chi connectivity index (χ2n) is 5.75. The summed E-state index contributed by atoms with van der Waals surface area (Å²) in [7, 11) is -3.57. The Labute approximate surface area is 140 Å². The number of rotatable bonds is 6. The van der Waals surface area contributed by atoms with E-state index >= 15 is 0 Å². The van der Waals surface area contributed by atoms with E-state index in [-0.39, 0.29) is 12.3 Å². The first-order valence-electron chi connectivity index (χ1n) is 7.80. The first-order chi connectivity index (χ1) is 11.5. The largest absolute Gasteiger partial charge is 0.341 e. The van der Waals surface area contributed by atoms with Crippen LogP contribution >= 0.6 is 0 Å². The van der Waals surface area contributed by atoms with E-state index in [4.69, 9.17) is 0 Å². The van der Waals surface area contributed by atoms with Crippen LogP contribution in [0, 0.1) is 5.82 Å². The summed E-state index contributed by atoms with van der Waals surface area (Å²) in [6.45, 7) is 1.94. The zero-order valence-corrected chi connectivity index (χ0v) is 14.0. The fourth-order valence-corrected chi connectivity index (χ4v) is 3.72. The van der Waals surface area contributed by atoms with Gasteiger partial charge in [0, 0.05) is 19.3 Å². The van der Waals surface area contributed by atoms with Crippen molar-refractivity contribution in [2.24, 2.45) is 0 Å². The Kier molecular flexibility index (Phi) is 5.06. The molecule has 0 bridgehead atoms. The number of nitrogens with one attached hydrogen (secondary N) is 1. The molecule has 128 valence electrons. The lowest BCUT2D eigenvalue weighted by molar-refractivity contribution is 0.579. The first kappa shape index (κ1) is 16.8. The molecular weight excluding hydrogens is 331 g/mol. The van der Waals surface area contributed by atoms with Crippen molar-refractivity contribution in [3.05, 3.63) is 53.6 Å². The van der Waals surface area contributed by atoms with Crippen LogP contribution in [-0.2, 0) is 22.3 Å². The Hall–Kier alpha value is -2.06. The molecular formula is C16H19FN4O2S. The minimum Gasteiger partial charge on any atom is -0.341 e. The van der Waals surface area contributed by atoms with Gasteiger partial charge in [-0.05, 0) is 36.6 Å². The van der Waals surface area contributed by atoms with Gasteiger partial charge in [0.2, 0.25) is 16.0 Å². The summed E-state index contributed by atoms with van der Waals surface area (Å²) in [4.78, 5) is 10.7. The molecule has 2 heterocycles. The summed E-state index contributed by atoms with van der Waals surface area (Å²) >= 11 is 0. The molecule has 0 saturated carbocycles. The van der Waals surface area contributed by atoms with Crippen LogP contribution in [0.15, 0.2) is 36.5 Å². The fourth-order valence-electron chi connectivity index (χ4n) is 2.63. The summed E-state index contributed by atoms with van der Waals surface area (Å²) in [5.74, 6) is -0.0856. The highest BCUT2D eigenvalue weighted by molar-refractivity contribution is 7.88. The average Bonchev–Trinajstić information content (AvgIpc) is 3.07. The van der Waals surface area contributed by atoms with Crippen LogP contribution in [0.2, 0.25) is 0 Å². The highest BCUT2D eigenvalue weighted by Gasteiger charge is 2.16. The lowest BCUT2D eigenvalue weighted by Gasteiger charge is -2.15. The van der Waals surface area contributed by atoms with Gasteiger partial charge in [-0.3, -0.25) is 0 Å². The highest BCUT2D eigenvalue weighted by Crippen LogP contribution is 2.15. The Morgan fingerprint density at radius 1 is 1.21 bits per heavy atom. The maximum atomic E-state index is 13.1. The van der Waals surface area contributed by atoms with E-state index in [2.05, 4.69) is 19.6 Å². The zero-order valence-electron chi connectivity index (χ0n) is 13.2. The summed E-state index contributed by atoms with van der Waals surface area (Å²) in [5, 5.41) is 0. The number of sulfonamides is 1. The van der Waals surface area contributed by atoms with Gasteiger partial charge in [0.1, 0.15) is 5.82 Å². The molecule has 3 rings (SSSR count). The molecule has 0 radical (unpaired) electrons. The van der Waals surface area contributed by atoms with E-state index in [0.29, 0.717) is 17.2 Å².